The summed E-state index contributed by atoms with van der Waals surface area (Å²) in [5.41, 5.74) is 1.03. The van der Waals surface area contributed by atoms with Gasteiger partial charge in [0.15, 0.2) is 0 Å². The lowest BCUT2D eigenvalue weighted by Crippen LogP contribution is -2.41. The van der Waals surface area contributed by atoms with E-state index in [2.05, 4.69) is 0 Å². The van der Waals surface area contributed by atoms with E-state index in [9.17, 15) is 8.78 Å². The van der Waals surface area contributed by atoms with Crippen LogP contribution >= 0.6 is 0 Å². The molecule has 1 aliphatic rings. The number of ether oxygens (including phenoxy) is 1. The maximum Gasteiger partial charge on any atom is 0.494 e. The zero-order valence-corrected chi connectivity index (χ0v) is 15.7. The van der Waals surface area contributed by atoms with Crippen molar-refractivity contribution in [2.45, 2.75) is 52.4 Å². The van der Waals surface area contributed by atoms with Crippen LogP contribution in [0.4, 0.5) is 8.78 Å². The molecule has 1 fully saturated rings. The second-order valence-electron chi connectivity index (χ2n) is 7.68. The molecule has 0 bridgehead atoms. The summed E-state index contributed by atoms with van der Waals surface area (Å²) in [5.74, 6) is -0.332. The van der Waals surface area contributed by atoms with Gasteiger partial charge in [0.1, 0.15) is 24.0 Å². The lowest BCUT2D eigenvalue weighted by atomic mass is 9.78. The fraction of sp³-hybridized carbons (Fsp3) is 0.400. The van der Waals surface area contributed by atoms with Gasteiger partial charge in [0, 0.05) is 6.07 Å². The maximum atomic E-state index is 14.1. The Morgan fingerprint density at radius 3 is 2.23 bits per heavy atom. The smallest absolute Gasteiger partial charge is 0.489 e. The van der Waals surface area contributed by atoms with Crippen LogP contribution in [0.1, 0.15) is 38.8 Å². The minimum atomic E-state index is -0.648. The summed E-state index contributed by atoms with van der Waals surface area (Å²) in [7, 11) is -0.648. The number of halogens is 2. The Hall–Kier alpha value is -1.92. The average molecular weight is 360 g/mol. The zero-order chi connectivity index (χ0) is 19.1. The van der Waals surface area contributed by atoms with Gasteiger partial charge in [0.05, 0.1) is 11.2 Å². The molecule has 2 aromatic carbocycles. The molecule has 1 aliphatic heterocycles. The van der Waals surface area contributed by atoms with E-state index in [1.807, 2.05) is 34.6 Å². The zero-order valence-electron chi connectivity index (χ0n) is 15.7. The van der Waals surface area contributed by atoms with Gasteiger partial charge in [-0.05, 0) is 69.4 Å². The molecule has 0 spiro atoms. The summed E-state index contributed by atoms with van der Waals surface area (Å²) >= 11 is 0. The highest BCUT2D eigenvalue weighted by atomic mass is 19.1. The van der Waals surface area contributed by atoms with Crippen molar-refractivity contribution in [3.63, 3.8) is 0 Å². The first kappa shape index (κ1) is 18.9. The number of rotatable bonds is 4. The Labute approximate surface area is 153 Å². The molecule has 0 aliphatic carbocycles. The molecule has 1 saturated heterocycles. The van der Waals surface area contributed by atoms with E-state index in [0.29, 0.717) is 16.8 Å². The standard InChI is InChI=1S/C20H23BF2O3/c1-13-6-7-16(22)11-18(13)24-12-14-8-15(10-17(23)9-14)21-25-19(2,3)20(4,5)26-21/h6-11H,12H2,1-5H3. The van der Waals surface area contributed by atoms with Gasteiger partial charge in [-0.2, -0.15) is 0 Å². The Morgan fingerprint density at radius 1 is 0.923 bits per heavy atom. The van der Waals surface area contributed by atoms with Crippen LogP contribution in [0.25, 0.3) is 0 Å². The summed E-state index contributed by atoms with van der Waals surface area (Å²) in [6.45, 7) is 9.74. The third kappa shape index (κ3) is 3.76. The van der Waals surface area contributed by atoms with E-state index >= 15 is 0 Å². The third-order valence-electron chi connectivity index (χ3n) is 5.05. The topological polar surface area (TPSA) is 27.7 Å². The summed E-state index contributed by atoms with van der Waals surface area (Å²) in [6.07, 6.45) is 0. The van der Waals surface area contributed by atoms with Crippen LogP contribution in [0.5, 0.6) is 5.75 Å². The molecule has 3 nitrogen and oxygen atoms in total. The minimum Gasteiger partial charge on any atom is -0.489 e. The van der Waals surface area contributed by atoms with Crippen LogP contribution in [0.2, 0.25) is 0 Å². The van der Waals surface area contributed by atoms with Crippen molar-refractivity contribution >= 4 is 12.6 Å². The number of hydrogen-bond acceptors (Lipinski definition) is 3. The molecule has 0 N–H and O–H groups in total. The van der Waals surface area contributed by atoms with Crippen molar-refractivity contribution in [2.24, 2.45) is 0 Å². The first-order valence-corrected chi connectivity index (χ1v) is 8.61. The maximum absolute atomic E-state index is 14.1. The van der Waals surface area contributed by atoms with E-state index in [0.717, 1.165) is 5.56 Å². The van der Waals surface area contributed by atoms with E-state index in [1.54, 1.807) is 12.1 Å². The Bertz CT molecular complexity index is 805. The molecule has 0 amide bonds. The number of benzene rings is 2. The lowest BCUT2D eigenvalue weighted by Gasteiger charge is -2.32. The Morgan fingerprint density at radius 2 is 1.58 bits per heavy atom. The molecule has 6 heteroatoms. The quantitative estimate of drug-likeness (QED) is 0.767. The molecular weight excluding hydrogens is 337 g/mol. The van der Waals surface area contributed by atoms with Crippen molar-refractivity contribution in [1.82, 2.24) is 0 Å². The number of hydrogen-bond donors (Lipinski definition) is 0. The van der Waals surface area contributed by atoms with Crippen molar-refractivity contribution in [2.75, 3.05) is 0 Å². The largest absolute Gasteiger partial charge is 0.494 e. The normalized spacial score (nSPS) is 18.2. The van der Waals surface area contributed by atoms with E-state index in [1.165, 1.54) is 24.3 Å². The summed E-state index contributed by atoms with van der Waals surface area (Å²) in [5, 5.41) is 0. The van der Waals surface area contributed by atoms with Gasteiger partial charge in [0.2, 0.25) is 0 Å². The molecule has 0 radical (unpaired) electrons. The molecule has 3 rings (SSSR count). The van der Waals surface area contributed by atoms with Gasteiger partial charge in [0.25, 0.3) is 0 Å². The molecule has 26 heavy (non-hydrogen) atoms. The predicted octanol–water partition coefficient (Wildman–Crippen LogP) is 4.15. The number of aryl methyl sites for hydroxylation is 1. The van der Waals surface area contributed by atoms with Gasteiger partial charge in [-0.15, -0.1) is 0 Å². The summed E-state index contributed by atoms with van der Waals surface area (Å²) in [6, 6.07) is 8.93. The van der Waals surface area contributed by atoms with Crippen LogP contribution in [0.3, 0.4) is 0 Å². The molecule has 138 valence electrons. The van der Waals surface area contributed by atoms with Gasteiger partial charge >= 0.3 is 7.12 Å². The molecule has 0 aromatic heterocycles. The first-order chi connectivity index (χ1) is 12.1. The third-order valence-corrected chi connectivity index (χ3v) is 5.05. The van der Waals surface area contributed by atoms with Crippen molar-refractivity contribution in [1.29, 1.82) is 0 Å². The van der Waals surface area contributed by atoms with Gasteiger partial charge < -0.3 is 14.0 Å². The SMILES string of the molecule is Cc1ccc(F)cc1OCc1cc(F)cc(B2OC(C)(C)C(C)(C)O2)c1. The minimum absolute atomic E-state index is 0.120. The fourth-order valence-electron chi connectivity index (χ4n) is 2.76. The highest BCUT2D eigenvalue weighted by Crippen LogP contribution is 2.36. The van der Waals surface area contributed by atoms with Crippen LogP contribution in [0.15, 0.2) is 36.4 Å². The van der Waals surface area contributed by atoms with E-state index in [-0.39, 0.29) is 12.4 Å². The van der Waals surface area contributed by atoms with E-state index < -0.39 is 24.1 Å². The second kappa shape index (κ2) is 6.67. The van der Waals surface area contributed by atoms with Crippen molar-refractivity contribution in [3.8, 4) is 5.75 Å². The van der Waals surface area contributed by atoms with Crippen LogP contribution in [0, 0.1) is 18.6 Å². The van der Waals surface area contributed by atoms with Crippen molar-refractivity contribution < 1.29 is 22.8 Å². The highest BCUT2D eigenvalue weighted by Gasteiger charge is 2.51. The van der Waals surface area contributed by atoms with Crippen LogP contribution < -0.4 is 10.2 Å². The van der Waals surface area contributed by atoms with Gasteiger partial charge in [-0.3, -0.25) is 0 Å². The van der Waals surface area contributed by atoms with Crippen LogP contribution in [-0.4, -0.2) is 18.3 Å². The molecule has 0 saturated carbocycles. The monoisotopic (exact) mass is 360 g/mol. The fourth-order valence-corrected chi connectivity index (χ4v) is 2.76. The molecular formula is C20H23BF2O3. The first-order valence-electron chi connectivity index (χ1n) is 8.61. The second-order valence-corrected chi connectivity index (χ2v) is 7.68. The summed E-state index contributed by atoms with van der Waals surface area (Å²) < 4.78 is 45.1. The molecule has 0 atom stereocenters. The average Bonchev–Trinajstić information content (AvgIpc) is 2.76. The molecule has 1 heterocycles. The highest BCUT2D eigenvalue weighted by molar-refractivity contribution is 6.62. The summed E-state index contributed by atoms with van der Waals surface area (Å²) in [4.78, 5) is 0. The van der Waals surface area contributed by atoms with Gasteiger partial charge in [-0.1, -0.05) is 12.1 Å². The molecule has 2 aromatic rings. The van der Waals surface area contributed by atoms with Gasteiger partial charge in [-0.25, -0.2) is 8.78 Å². The lowest BCUT2D eigenvalue weighted by molar-refractivity contribution is 0.00578. The Balaban J connectivity index is 1.79. The molecule has 0 unspecified atom stereocenters. The van der Waals surface area contributed by atoms with Crippen LogP contribution in [-0.2, 0) is 15.9 Å². The predicted molar refractivity (Wildman–Crippen MR) is 97.6 cm³/mol. The van der Waals surface area contributed by atoms with E-state index in [4.69, 9.17) is 14.0 Å². The van der Waals surface area contributed by atoms with Crippen molar-refractivity contribution in [3.05, 3.63) is 59.2 Å². The Kier molecular flexibility index (Phi) is 4.84.